The monoisotopic (exact) mass is 414 g/mol. The molecule has 29 heavy (non-hydrogen) atoms. The minimum atomic E-state index is -0.0929. The van der Waals surface area contributed by atoms with Gasteiger partial charge in [-0.15, -0.1) is 10.2 Å². The van der Waals surface area contributed by atoms with Crippen LogP contribution in [0.1, 0.15) is 13.8 Å². The summed E-state index contributed by atoms with van der Waals surface area (Å²) >= 11 is 1.38. The van der Waals surface area contributed by atoms with Gasteiger partial charge >= 0.3 is 0 Å². The lowest BCUT2D eigenvalue weighted by Gasteiger charge is -2.38. The molecule has 0 bridgehead atoms. The van der Waals surface area contributed by atoms with Crippen LogP contribution >= 0.6 is 11.8 Å². The topological polar surface area (TPSA) is 87.3 Å². The number of thioether (sulfide) groups is 1. The molecule has 0 N–H and O–H groups in total. The van der Waals surface area contributed by atoms with Crippen LogP contribution in [0.5, 0.6) is 5.75 Å². The Morgan fingerprint density at radius 3 is 2.52 bits per heavy atom. The maximum absolute atomic E-state index is 12.7. The third-order valence-electron chi connectivity index (χ3n) is 5.02. The second kappa shape index (κ2) is 9.76. The first-order chi connectivity index (χ1) is 14.0. The second-order valence-corrected chi connectivity index (χ2v) is 8.15. The van der Waals surface area contributed by atoms with Gasteiger partial charge in [-0.05, 0) is 30.2 Å². The molecule has 1 unspecified atom stereocenters. The highest BCUT2D eigenvalue weighted by Crippen LogP contribution is 2.22. The molecule has 8 nitrogen and oxygen atoms in total. The average Bonchev–Trinajstić information content (AvgIpc) is 3.21. The summed E-state index contributed by atoms with van der Waals surface area (Å²) in [4.78, 5) is 16.7. The van der Waals surface area contributed by atoms with Crippen LogP contribution in [0.2, 0.25) is 0 Å². The van der Waals surface area contributed by atoms with Crippen LogP contribution in [0, 0.1) is 17.2 Å². The fraction of sp³-hybridized carbons (Fsp3) is 0.500. The molecule has 9 heteroatoms. The molecule has 0 spiro atoms. The number of rotatable bonds is 7. The number of carbonyl (C=O) groups excluding carboxylic acids is 1. The molecule has 1 aromatic carbocycles. The maximum atomic E-state index is 12.7. The third-order valence-corrected chi connectivity index (χ3v) is 5.94. The zero-order valence-electron chi connectivity index (χ0n) is 17.0. The molecule has 3 rings (SSSR count). The molecule has 2 heterocycles. The Labute approximate surface area is 175 Å². The van der Waals surface area contributed by atoms with E-state index in [0.717, 1.165) is 24.5 Å². The van der Waals surface area contributed by atoms with Crippen molar-refractivity contribution < 1.29 is 9.53 Å². The predicted molar refractivity (Wildman–Crippen MR) is 111 cm³/mol. The Morgan fingerprint density at radius 1 is 1.24 bits per heavy atom. The SMILES string of the molecule is COc1ccc(-n2cnnc2SCC(=O)N2CCN(C(C#N)C(C)C)CC2)cc1. The lowest BCUT2D eigenvalue weighted by Crippen LogP contribution is -2.53. The van der Waals surface area contributed by atoms with E-state index in [1.165, 1.54) is 11.8 Å². The van der Waals surface area contributed by atoms with Crippen LogP contribution in [0.3, 0.4) is 0 Å². The van der Waals surface area contributed by atoms with Gasteiger partial charge in [0.1, 0.15) is 18.1 Å². The van der Waals surface area contributed by atoms with E-state index >= 15 is 0 Å². The van der Waals surface area contributed by atoms with Crippen molar-refractivity contribution in [2.45, 2.75) is 25.0 Å². The summed E-state index contributed by atoms with van der Waals surface area (Å²) in [6.07, 6.45) is 1.64. The first kappa shape index (κ1) is 21.1. The molecule has 1 atom stereocenters. The lowest BCUT2D eigenvalue weighted by atomic mass is 10.0. The fourth-order valence-electron chi connectivity index (χ4n) is 3.36. The molecule has 1 fully saturated rings. The van der Waals surface area contributed by atoms with E-state index in [9.17, 15) is 10.1 Å². The molecule has 0 saturated carbocycles. The zero-order valence-corrected chi connectivity index (χ0v) is 17.8. The Bertz CT molecular complexity index is 853. The number of aromatic nitrogens is 3. The van der Waals surface area contributed by atoms with Gasteiger partial charge in [0.2, 0.25) is 5.91 Å². The van der Waals surface area contributed by atoms with E-state index in [-0.39, 0.29) is 17.9 Å². The Morgan fingerprint density at radius 2 is 1.93 bits per heavy atom. The molecule has 154 valence electrons. The first-order valence-corrected chi connectivity index (χ1v) is 10.6. The number of benzene rings is 1. The van der Waals surface area contributed by atoms with Crippen molar-refractivity contribution in [1.29, 1.82) is 5.26 Å². The Balaban J connectivity index is 1.54. The van der Waals surface area contributed by atoms with Crippen molar-refractivity contribution in [1.82, 2.24) is 24.6 Å². The third kappa shape index (κ3) is 5.08. The van der Waals surface area contributed by atoms with E-state index in [2.05, 4.69) is 35.0 Å². The van der Waals surface area contributed by atoms with Crippen LogP contribution in [-0.4, -0.2) is 75.6 Å². The van der Waals surface area contributed by atoms with Crippen LogP contribution in [0.25, 0.3) is 5.69 Å². The standard InChI is InChI=1S/C20H26N6O2S/c1-15(2)18(12-21)24-8-10-25(11-9-24)19(27)13-29-20-23-22-14-26(20)16-4-6-17(28-3)7-5-16/h4-7,14-15,18H,8-11,13H2,1-3H3. The van der Waals surface area contributed by atoms with Gasteiger partial charge in [0.25, 0.3) is 0 Å². The minimum Gasteiger partial charge on any atom is -0.497 e. The van der Waals surface area contributed by atoms with Gasteiger partial charge in [0.15, 0.2) is 5.16 Å². The maximum Gasteiger partial charge on any atom is 0.233 e. The van der Waals surface area contributed by atoms with Gasteiger partial charge in [-0.3, -0.25) is 14.3 Å². The summed E-state index contributed by atoms with van der Waals surface area (Å²) in [5.74, 6) is 1.45. The van der Waals surface area contributed by atoms with Gasteiger partial charge < -0.3 is 9.64 Å². The average molecular weight is 415 g/mol. The molecule has 0 aliphatic carbocycles. The summed E-state index contributed by atoms with van der Waals surface area (Å²) in [6, 6.07) is 9.89. The fourth-order valence-corrected chi connectivity index (χ4v) is 4.19. The largest absolute Gasteiger partial charge is 0.497 e. The normalized spacial score (nSPS) is 15.9. The summed E-state index contributed by atoms with van der Waals surface area (Å²) < 4.78 is 7.04. The number of hydrogen-bond acceptors (Lipinski definition) is 7. The Hall–Kier alpha value is -2.57. The summed E-state index contributed by atoms with van der Waals surface area (Å²) in [6.45, 7) is 6.87. The van der Waals surface area contributed by atoms with Crippen molar-refractivity contribution in [3.63, 3.8) is 0 Å². The molecular weight excluding hydrogens is 388 g/mol. The highest BCUT2D eigenvalue weighted by Gasteiger charge is 2.27. The van der Waals surface area contributed by atoms with Crippen LogP contribution < -0.4 is 4.74 Å². The van der Waals surface area contributed by atoms with Gasteiger partial charge in [-0.25, -0.2) is 0 Å². The number of nitrogens with zero attached hydrogens (tertiary/aromatic N) is 6. The molecule has 0 radical (unpaired) electrons. The summed E-state index contributed by atoms with van der Waals surface area (Å²) in [5.41, 5.74) is 0.913. The summed E-state index contributed by atoms with van der Waals surface area (Å²) in [5, 5.41) is 18.2. The summed E-state index contributed by atoms with van der Waals surface area (Å²) in [7, 11) is 1.63. The zero-order chi connectivity index (χ0) is 20.8. The van der Waals surface area contributed by atoms with Crippen molar-refractivity contribution in [2.24, 2.45) is 5.92 Å². The number of piperazine rings is 1. The molecular formula is C20H26N6O2S. The number of carbonyl (C=O) groups is 1. The van der Waals surface area contributed by atoms with Gasteiger partial charge in [-0.1, -0.05) is 25.6 Å². The number of amides is 1. The number of nitriles is 1. The van der Waals surface area contributed by atoms with E-state index in [0.29, 0.717) is 24.0 Å². The van der Waals surface area contributed by atoms with E-state index in [1.54, 1.807) is 13.4 Å². The van der Waals surface area contributed by atoms with Gasteiger partial charge in [-0.2, -0.15) is 5.26 Å². The highest BCUT2D eigenvalue weighted by molar-refractivity contribution is 7.99. The van der Waals surface area contributed by atoms with Crippen molar-refractivity contribution in [2.75, 3.05) is 39.0 Å². The number of ether oxygens (including phenoxy) is 1. The predicted octanol–water partition coefficient (Wildman–Crippen LogP) is 2.06. The minimum absolute atomic E-state index is 0.0805. The van der Waals surface area contributed by atoms with Crippen LogP contribution in [0.4, 0.5) is 0 Å². The van der Waals surface area contributed by atoms with Crippen molar-refractivity contribution in [3.8, 4) is 17.5 Å². The molecule has 1 amide bonds. The molecule has 1 aromatic heterocycles. The quantitative estimate of drug-likeness (QED) is 0.641. The second-order valence-electron chi connectivity index (χ2n) is 7.20. The number of hydrogen-bond donors (Lipinski definition) is 0. The lowest BCUT2D eigenvalue weighted by molar-refractivity contribution is -0.130. The van der Waals surface area contributed by atoms with Crippen molar-refractivity contribution >= 4 is 17.7 Å². The molecule has 1 aliphatic rings. The van der Waals surface area contributed by atoms with Gasteiger partial charge in [0.05, 0.1) is 18.9 Å². The highest BCUT2D eigenvalue weighted by atomic mass is 32.2. The number of methoxy groups -OCH3 is 1. The molecule has 2 aromatic rings. The molecule has 1 aliphatic heterocycles. The smallest absolute Gasteiger partial charge is 0.233 e. The Kier molecular flexibility index (Phi) is 7.12. The van der Waals surface area contributed by atoms with Crippen LogP contribution in [-0.2, 0) is 4.79 Å². The van der Waals surface area contributed by atoms with Gasteiger partial charge in [0, 0.05) is 31.9 Å². The van der Waals surface area contributed by atoms with E-state index in [4.69, 9.17) is 4.74 Å². The molecule has 1 saturated heterocycles. The van der Waals surface area contributed by atoms with Crippen molar-refractivity contribution in [3.05, 3.63) is 30.6 Å². The van der Waals surface area contributed by atoms with E-state index in [1.807, 2.05) is 33.7 Å². The van der Waals surface area contributed by atoms with Crippen LogP contribution in [0.15, 0.2) is 35.7 Å². The van der Waals surface area contributed by atoms with E-state index < -0.39 is 0 Å². The first-order valence-electron chi connectivity index (χ1n) is 9.62.